The van der Waals surface area contributed by atoms with Crippen LogP contribution in [-0.2, 0) is 11.2 Å². The zero-order valence-electron chi connectivity index (χ0n) is 10.2. The van der Waals surface area contributed by atoms with Gasteiger partial charge in [-0.25, -0.2) is 0 Å². The van der Waals surface area contributed by atoms with E-state index < -0.39 is 0 Å². The molecule has 0 radical (unpaired) electrons. The van der Waals surface area contributed by atoms with Crippen molar-refractivity contribution in [2.45, 2.75) is 25.4 Å². The second kappa shape index (κ2) is 5.41. The van der Waals surface area contributed by atoms with E-state index in [1.807, 2.05) is 12.1 Å². The lowest BCUT2D eigenvalue weighted by Gasteiger charge is -2.22. The summed E-state index contributed by atoms with van der Waals surface area (Å²) in [6, 6.07) is 3.76. The van der Waals surface area contributed by atoms with Crippen molar-refractivity contribution in [2.24, 2.45) is 0 Å². The second-order valence-electron chi connectivity index (χ2n) is 4.48. The van der Waals surface area contributed by atoms with Crippen molar-refractivity contribution in [3.63, 3.8) is 0 Å². The van der Waals surface area contributed by atoms with Gasteiger partial charge in [-0.3, -0.25) is 0 Å². The standard InChI is InChI=1S/C12H17N5O/c1-2-11-15-16-12(17(11)14-6-1)5-9-18-10-3-7-13-8-4-10/h1-2,6,10,13H,3-5,7-9H2. The maximum Gasteiger partial charge on any atom is 0.177 e. The Morgan fingerprint density at radius 1 is 1.33 bits per heavy atom. The van der Waals surface area contributed by atoms with Crippen LogP contribution in [0.2, 0.25) is 0 Å². The minimum absolute atomic E-state index is 0.387. The van der Waals surface area contributed by atoms with E-state index in [2.05, 4.69) is 20.6 Å². The Bertz CT molecular complexity index is 506. The molecule has 3 rings (SSSR count). The lowest BCUT2D eigenvalue weighted by Crippen LogP contribution is -2.32. The quantitative estimate of drug-likeness (QED) is 0.849. The van der Waals surface area contributed by atoms with Gasteiger partial charge in [0, 0.05) is 12.6 Å². The van der Waals surface area contributed by atoms with Crippen molar-refractivity contribution in [1.29, 1.82) is 0 Å². The van der Waals surface area contributed by atoms with Crippen LogP contribution in [0.1, 0.15) is 18.7 Å². The van der Waals surface area contributed by atoms with Crippen LogP contribution in [0, 0.1) is 0 Å². The number of piperidine rings is 1. The van der Waals surface area contributed by atoms with Crippen molar-refractivity contribution in [3.05, 3.63) is 24.2 Å². The first-order valence-corrected chi connectivity index (χ1v) is 6.41. The van der Waals surface area contributed by atoms with Crippen LogP contribution in [0.4, 0.5) is 0 Å². The fraction of sp³-hybridized carbons (Fsp3) is 0.583. The van der Waals surface area contributed by atoms with Crippen molar-refractivity contribution in [3.8, 4) is 0 Å². The van der Waals surface area contributed by atoms with E-state index in [0.29, 0.717) is 12.7 Å². The SMILES string of the molecule is c1cnn2c(CCOC3CCNCC3)nnc2c1. The van der Waals surface area contributed by atoms with E-state index in [0.717, 1.165) is 43.8 Å². The largest absolute Gasteiger partial charge is 0.378 e. The predicted molar refractivity (Wildman–Crippen MR) is 66.3 cm³/mol. The van der Waals surface area contributed by atoms with E-state index in [1.165, 1.54) is 0 Å². The molecule has 0 saturated carbocycles. The molecule has 96 valence electrons. The van der Waals surface area contributed by atoms with Gasteiger partial charge in [-0.1, -0.05) is 0 Å². The number of ether oxygens (including phenoxy) is 1. The van der Waals surface area contributed by atoms with Gasteiger partial charge in [-0.15, -0.1) is 10.2 Å². The van der Waals surface area contributed by atoms with Crippen LogP contribution in [0.5, 0.6) is 0 Å². The highest BCUT2D eigenvalue weighted by Crippen LogP contribution is 2.08. The van der Waals surface area contributed by atoms with Crippen LogP contribution < -0.4 is 5.32 Å². The van der Waals surface area contributed by atoms with Gasteiger partial charge >= 0.3 is 0 Å². The molecule has 1 N–H and O–H groups in total. The summed E-state index contributed by atoms with van der Waals surface area (Å²) in [6.45, 7) is 2.79. The molecular weight excluding hydrogens is 230 g/mol. The van der Waals surface area contributed by atoms with Gasteiger partial charge in [0.2, 0.25) is 0 Å². The number of fused-ring (bicyclic) bond motifs is 1. The maximum absolute atomic E-state index is 5.86. The molecule has 0 atom stereocenters. The lowest BCUT2D eigenvalue weighted by molar-refractivity contribution is 0.0340. The number of nitrogens with one attached hydrogen (secondary N) is 1. The number of aromatic nitrogens is 4. The zero-order chi connectivity index (χ0) is 12.2. The van der Waals surface area contributed by atoms with Crippen molar-refractivity contribution in [2.75, 3.05) is 19.7 Å². The van der Waals surface area contributed by atoms with E-state index in [9.17, 15) is 0 Å². The average molecular weight is 247 g/mol. The normalized spacial score (nSPS) is 17.3. The van der Waals surface area contributed by atoms with E-state index >= 15 is 0 Å². The first kappa shape index (κ1) is 11.6. The first-order valence-electron chi connectivity index (χ1n) is 6.41. The molecule has 0 aliphatic carbocycles. The summed E-state index contributed by atoms with van der Waals surface area (Å²) in [5.41, 5.74) is 0.786. The summed E-state index contributed by atoms with van der Waals surface area (Å²) in [5, 5.41) is 15.8. The summed E-state index contributed by atoms with van der Waals surface area (Å²) < 4.78 is 7.63. The first-order chi connectivity index (χ1) is 8.93. The molecule has 0 unspecified atom stereocenters. The highest BCUT2D eigenvalue weighted by molar-refractivity contribution is 5.34. The Labute approximate surface area is 105 Å². The Morgan fingerprint density at radius 3 is 3.11 bits per heavy atom. The maximum atomic E-state index is 5.86. The highest BCUT2D eigenvalue weighted by atomic mass is 16.5. The molecule has 6 heteroatoms. The van der Waals surface area contributed by atoms with Crippen LogP contribution in [-0.4, -0.2) is 45.6 Å². The molecule has 1 fully saturated rings. The van der Waals surface area contributed by atoms with E-state index in [-0.39, 0.29) is 0 Å². The number of rotatable bonds is 4. The number of nitrogens with zero attached hydrogens (tertiary/aromatic N) is 4. The summed E-state index contributed by atoms with van der Waals surface area (Å²) in [6.07, 6.45) is 5.08. The molecule has 0 bridgehead atoms. The Hall–Kier alpha value is -1.53. The van der Waals surface area contributed by atoms with Gasteiger partial charge in [-0.2, -0.15) is 9.61 Å². The third kappa shape index (κ3) is 2.49. The van der Waals surface area contributed by atoms with Crippen LogP contribution in [0.3, 0.4) is 0 Å². The van der Waals surface area contributed by atoms with Gasteiger partial charge in [-0.05, 0) is 38.1 Å². The highest BCUT2D eigenvalue weighted by Gasteiger charge is 2.13. The topological polar surface area (TPSA) is 64.3 Å². The zero-order valence-corrected chi connectivity index (χ0v) is 10.2. The molecule has 2 aromatic heterocycles. The molecule has 2 aromatic rings. The monoisotopic (exact) mass is 247 g/mol. The minimum atomic E-state index is 0.387. The van der Waals surface area contributed by atoms with Crippen molar-refractivity contribution in [1.82, 2.24) is 25.1 Å². The molecule has 0 spiro atoms. The second-order valence-corrected chi connectivity index (χ2v) is 4.48. The molecule has 1 aliphatic rings. The molecule has 1 saturated heterocycles. The molecule has 6 nitrogen and oxygen atoms in total. The van der Waals surface area contributed by atoms with E-state index in [1.54, 1.807) is 10.7 Å². The smallest absolute Gasteiger partial charge is 0.177 e. The van der Waals surface area contributed by atoms with Crippen LogP contribution in [0.25, 0.3) is 5.65 Å². The average Bonchev–Trinajstić information content (AvgIpc) is 2.84. The number of hydrogen-bond donors (Lipinski definition) is 1. The Balaban J connectivity index is 1.56. The third-order valence-electron chi connectivity index (χ3n) is 3.21. The van der Waals surface area contributed by atoms with Gasteiger partial charge in [0.15, 0.2) is 11.5 Å². The number of hydrogen-bond acceptors (Lipinski definition) is 5. The predicted octanol–water partition coefficient (Wildman–Crippen LogP) is 0.435. The molecular formula is C12H17N5O. The molecule has 3 heterocycles. The Kier molecular flexibility index (Phi) is 3.47. The Morgan fingerprint density at radius 2 is 2.22 bits per heavy atom. The summed E-state index contributed by atoms with van der Waals surface area (Å²) >= 11 is 0. The molecule has 18 heavy (non-hydrogen) atoms. The van der Waals surface area contributed by atoms with Gasteiger partial charge in [0.05, 0.1) is 12.7 Å². The van der Waals surface area contributed by atoms with Gasteiger partial charge in [0.25, 0.3) is 0 Å². The fourth-order valence-corrected chi connectivity index (χ4v) is 2.22. The lowest BCUT2D eigenvalue weighted by atomic mass is 10.1. The summed E-state index contributed by atoms with van der Waals surface area (Å²) in [7, 11) is 0. The minimum Gasteiger partial charge on any atom is -0.378 e. The van der Waals surface area contributed by atoms with Crippen molar-refractivity contribution < 1.29 is 4.74 Å². The molecule has 0 aromatic carbocycles. The van der Waals surface area contributed by atoms with Crippen LogP contribution in [0.15, 0.2) is 18.3 Å². The third-order valence-corrected chi connectivity index (χ3v) is 3.21. The molecule has 1 aliphatic heterocycles. The van der Waals surface area contributed by atoms with Crippen LogP contribution >= 0.6 is 0 Å². The summed E-state index contributed by atoms with van der Waals surface area (Å²) in [4.78, 5) is 0. The van der Waals surface area contributed by atoms with E-state index in [4.69, 9.17) is 4.74 Å². The summed E-state index contributed by atoms with van der Waals surface area (Å²) in [5.74, 6) is 0.861. The van der Waals surface area contributed by atoms with Crippen molar-refractivity contribution >= 4 is 5.65 Å². The fourth-order valence-electron chi connectivity index (χ4n) is 2.22. The van der Waals surface area contributed by atoms with Gasteiger partial charge < -0.3 is 10.1 Å². The molecule has 0 amide bonds. The van der Waals surface area contributed by atoms with Gasteiger partial charge in [0.1, 0.15) is 0 Å².